The average molecular weight is 285 g/mol. The lowest BCUT2D eigenvalue weighted by Gasteiger charge is -2.34. The van der Waals surface area contributed by atoms with Gasteiger partial charge in [0.2, 0.25) is 0 Å². The zero-order chi connectivity index (χ0) is 14.7. The summed E-state index contributed by atoms with van der Waals surface area (Å²) >= 11 is 0. The molecule has 0 aromatic heterocycles. The molecule has 1 amide bonds. The number of amides is 1. The predicted molar refractivity (Wildman–Crippen MR) is 84.4 cm³/mol. The van der Waals surface area contributed by atoms with Crippen LogP contribution in [0.2, 0.25) is 0 Å². The Hall–Kier alpha value is -1.65. The van der Waals surface area contributed by atoms with E-state index in [1.54, 1.807) is 0 Å². The van der Waals surface area contributed by atoms with Crippen LogP contribution in [0.1, 0.15) is 21.5 Å². The number of benzene rings is 1. The highest BCUT2D eigenvalue weighted by molar-refractivity contribution is 5.94. The third-order valence-electron chi connectivity index (χ3n) is 4.39. The lowest BCUT2D eigenvalue weighted by Crippen LogP contribution is -2.48. The van der Waals surface area contributed by atoms with E-state index in [1.807, 2.05) is 17.0 Å². The van der Waals surface area contributed by atoms with Crippen molar-refractivity contribution in [2.45, 2.75) is 13.0 Å². The molecule has 1 aromatic carbocycles. The molecule has 1 aromatic rings. The summed E-state index contributed by atoms with van der Waals surface area (Å²) in [5.41, 5.74) is 3.48. The number of piperazine rings is 1. The highest BCUT2D eigenvalue weighted by Gasteiger charge is 2.22. The molecule has 0 aliphatic carbocycles. The van der Waals surface area contributed by atoms with Gasteiger partial charge in [-0.2, -0.15) is 0 Å². The number of rotatable bonds is 3. The van der Waals surface area contributed by atoms with Crippen LogP contribution < -0.4 is 5.32 Å². The Balaban J connectivity index is 1.67. The van der Waals surface area contributed by atoms with Gasteiger partial charge in [-0.25, -0.2) is 0 Å². The van der Waals surface area contributed by atoms with E-state index < -0.39 is 0 Å². The topological polar surface area (TPSA) is 35.6 Å². The van der Waals surface area contributed by atoms with Gasteiger partial charge in [-0.1, -0.05) is 12.1 Å². The van der Waals surface area contributed by atoms with Crippen molar-refractivity contribution >= 4 is 5.91 Å². The number of nitrogens with zero attached hydrogens (tertiary/aromatic N) is 2. The van der Waals surface area contributed by atoms with Crippen molar-refractivity contribution in [2.24, 2.45) is 0 Å². The normalized spacial score (nSPS) is 19.1. The molecule has 0 atom stereocenters. The van der Waals surface area contributed by atoms with Crippen LogP contribution >= 0.6 is 0 Å². The molecule has 0 spiro atoms. The van der Waals surface area contributed by atoms with Gasteiger partial charge in [-0.15, -0.1) is 6.58 Å². The van der Waals surface area contributed by atoms with Crippen molar-refractivity contribution in [3.8, 4) is 0 Å². The highest BCUT2D eigenvalue weighted by Crippen LogP contribution is 2.17. The van der Waals surface area contributed by atoms with Crippen molar-refractivity contribution in [1.82, 2.24) is 15.1 Å². The Morgan fingerprint density at radius 3 is 2.81 bits per heavy atom. The summed E-state index contributed by atoms with van der Waals surface area (Å²) in [4.78, 5) is 16.9. The van der Waals surface area contributed by atoms with E-state index in [2.05, 4.69) is 28.9 Å². The van der Waals surface area contributed by atoms with Gasteiger partial charge in [0.25, 0.3) is 5.91 Å². The number of hydrogen-bond acceptors (Lipinski definition) is 3. The first kappa shape index (κ1) is 14.3. The quantitative estimate of drug-likeness (QED) is 0.850. The second-order valence-corrected chi connectivity index (χ2v) is 5.79. The largest absolute Gasteiger partial charge is 0.336 e. The lowest BCUT2D eigenvalue weighted by atomic mass is 9.98. The summed E-state index contributed by atoms with van der Waals surface area (Å²) in [6.07, 6.45) is 2.98. The summed E-state index contributed by atoms with van der Waals surface area (Å²) < 4.78 is 0. The van der Waals surface area contributed by atoms with Crippen LogP contribution in [0.3, 0.4) is 0 Å². The SMILES string of the molecule is C=CCN1CCN(C(=O)c2ccc3c(c2)CNCC3)CC1. The van der Waals surface area contributed by atoms with Gasteiger partial charge in [-0.3, -0.25) is 9.69 Å². The smallest absolute Gasteiger partial charge is 0.253 e. The van der Waals surface area contributed by atoms with Gasteiger partial charge in [0, 0.05) is 44.8 Å². The van der Waals surface area contributed by atoms with Gasteiger partial charge < -0.3 is 10.2 Å². The van der Waals surface area contributed by atoms with Crippen LogP contribution in [0.15, 0.2) is 30.9 Å². The Kier molecular flexibility index (Phi) is 4.36. The molecule has 2 aliphatic rings. The van der Waals surface area contributed by atoms with Gasteiger partial charge in [0.15, 0.2) is 0 Å². The minimum absolute atomic E-state index is 0.168. The lowest BCUT2D eigenvalue weighted by molar-refractivity contribution is 0.0650. The minimum Gasteiger partial charge on any atom is -0.336 e. The van der Waals surface area contributed by atoms with Crippen LogP contribution in [0.25, 0.3) is 0 Å². The number of carbonyl (C=O) groups excluding carboxylic acids is 1. The predicted octanol–water partition coefficient (Wildman–Crippen LogP) is 1.28. The summed E-state index contributed by atoms with van der Waals surface area (Å²) in [7, 11) is 0. The van der Waals surface area contributed by atoms with Crippen molar-refractivity contribution in [3.63, 3.8) is 0 Å². The molecule has 4 heteroatoms. The van der Waals surface area contributed by atoms with Crippen molar-refractivity contribution < 1.29 is 4.79 Å². The number of fused-ring (bicyclic) bond motifs is 1. The van der Waals surface area contributed by atoms with E-state index in [0.29, 0.717) is 0 Å². The molecule has 1 saturated heterocycles. The summed E-state index contributed by atoms with van der Waals surface area (Å²) in [5, 5.41) is 3.37. The molecule has 3 rings (SSSR count). The summed E-state index contributed by atoms with van der Waals surface area (Å²) in [6.45, 7) is 10.1. The van der Waals surface area contributed by atoms with Crippen molar-refractivity contribution in [2.75, 3.05) is 39.3 Å². The maximum Gasteiger partial charge on any atom is 0.253 e. The number of carbonyl (C=O) groups is 1. The van der Waals surface area contributed by atoms with Gasteiger partial charge in [0.05, 0.1) is 0 Å². The number of hydrogen-bond donors (Lipinski definition) is 1. The fourth-order valence-corrected chi connectivity index (χ4v) is 3.11. The van der Waals surface area contributed by atoms with Crippen LogP contribution in [0.4, 0.5) is 0 Å². The second-order valence-electron chi connectivity index (χ2n) is 5.79. The van der Waals surface area contributed by atoms with Gasteiger partial charge in [0.1, 0.15) is 0 Å². The molecule has 4 nitrogen and oxygen atoms in total. The van der Waals surface area contributed by atoms with Crippen molar-refractivity contribution in [3.05, 3.63) is 47.5 Å². The molecule has 0 unspecified atom stereocenters. The van der Waals surface area contributed by atoms with E-state index >= 15 is 0 Å². The molecule has 2 aliphatic heterocycles. The Morgan fingerprint density at radius 1 is 1.24 bits per heavy atom. The fourth-order valence-electron chi connectivity index (χ4n) is 3.11. The Morgan fingerprint density at radius 2 is 2.05 bits per heavy atom. The molecular weight excluding hydrogens is 262 g/mol. The highest BCUT2D eigenvalue weighted by atomic mass is 16.2. The van der Waals surface area contributed by atoms with Crippen LogP contribution in [-0.4, -0.2) is 55.0 Å². The van der Waals surface area contributed by atoms with Crippen molar-refractivity contribution in [1.29, 1.82) is 0 Å². The van der Waals surface area contributed by atoms with E-state index in [4.69, 9.17) is 0 Å². The first-order valence-electron chi connectivity index (χ1n) is 7.73. The average Bonchev–Trinajstić information content (AvgIpc) is 2.55. The van der Waals surface area contributed by atoms with E-state index in [9.17, 15) is 4.79 Å². The van der Waals surface area contributed by atoms with E-state index in [-0.39, 0.29) is 5.91 Å². The summed E-state index contributed by atoms with van der Waals surface area (Å²) in [6, 6.07) is 6.18. The molecule has 112 valence electrons. The zero-order valence-corrected chi connectivity index (χ0v) is 12.5. The third-order valence-corrected chi connectivity index (χ3v) is 4.39. The molecule has 1 N–H and O–H groups in total. The molecule has 21 heavy (non-hydrogen) atoms. The van der Waals surface area contributed by atoms with Crippen LogP contribution in [-0.2, 0) is 13.0 Å². The Bertz CT molecular complexity index is 533. The monoisotopic (exact) mass is 285 g/mol. The molecule has 0 saturated carbocycles. The number of nitrogens with one attached hydrogen (secondary N) is 1. The van der Waals surface area contributed by atoms with E-state index in [0.717, 1.165) is 57.8 Å². The van der Waals surface area contributed by atoms with E-state index in [1.165, 1.54) is 11.1 Å². The minimum atomic E-state index is 0.168. The fraction of sp³-hybridized carbons (Fsp3) is 0.471. The summed E-state index contributed by atoms with van der Waals surface area (Å²) in [5.74, 6) is 0.168. The third kappa shape index (κ3) is 3.17. The van der Waals surface area contributed by atoms with Crippen LogP contribution in [0.5, 0.6) is 0 Å². The molecule has 1 fully saturated rings. The maximum atomic E-state index is 12.6. The standard InChI is InChI=1S/C17H23N3O/c1-2-7-19-8-10-20(11-9-19)17(21)15-4-3-14-5-6-18-13-16(14)12-15/h2-4,12,18H,1,5-11,13H2. The van der Waals surface area contributed by atoms with Gasteiger partial charge >= 0.3 is 0 Å². The zero-order valence-electron chi connectivity index (χ0n) is 12.5. The molecule has 2 heterocycles. The first-order chi connectivity index (χ1) is 10.3. The molecule has 0 bridgehead atoms. The molecule has 0 radical (unpaired) electrons. The second kappa shape index (κ2) is 6.41. The maximum absolute atomic E-state index is 12.6. The van der Waals surface area contributed by atoms with Crippen LogP contribution in [0, 0.1) is 0 Å². The van der Waals surface area contributed by atoms with Gasteiger partial charge in [-0.05, 0) is 36.2 Å². The first-order valence-corrected chi connectivity index (χ1v) is 7.73. The molecular formula is C17H23N3O. The Labute approximate surface area is 126 Å².